The largest absolute Gasteiger partial charge is 0.451 e. The average molecular weight is 282 g/mol. The molecule has 0 unspecified atom stereocenters. The maximum Gasteiger partial charge on any atom is 0.287 e. The van der Waals surface area contributed by atoms with Crippen molar-refractivity contribution < 1.29 is 14.3 Å². The summed E-state index contributed by atoms with van der Waals surface area (Å²) in [7, 11) is 0. The Balaban J connectivity index is 2.35. The average Bonchev–Trinajstić information content (AvgIpc) is 2.73. The highest BCUT2D eigenvalue weighted by molar-refractivity contribution is 6.31. The van der Waals surface area contributed by atoms with Crippen molar-refractivity contribution in [2.24, 2.45) is 0 Å². The Morgan fingerprint density at radius 2 is 2.26 bits per heavy atom. The van der Waals surface area contributed by atoms with Gasteiger partial charge in [0.2, 0.25) is 0 Å². The van der Waals surface area contributed by atoms with Crippen LogP contribution < -0.4 is 5.32 Å². The fourth-order valence-electron chi connectivity index (χ4n) is 1.94. The molecule has 0 saturated heterocycles. The number of aryl methyl sites for hydroxylation is 1. The van der Waals surface area contributed by atoms with Crippen molar-refractivity contribution in [3.63, 3.8) is 0 Å². The van der Waals surface area contributed by atoms with Crippen LogP contribution in [0.3, 0.4) is 0 Å². The number of aliphatic hydroxyl groups is 1. The van der Waals surface area contributed by atoms with Gasteiger partial charge in [0, 0.05) is 16.0 Å². The Morgan fingerprint density at radius 1 is 1.53 bits per heavy atom. The summed E-state index contributed by atoms with van der Waals surface area (Å²) in [6.07, 6.45) is 0.660. The van der Waals surface area contributed by atoms with Gasteiger partial charge < -0.3 is 14.8 Å². The van der Waals surface area contributed by atoms with E-state index in [2.05, 4.69) is 5.32 Å². The first-order valence-electron chi connectivity index (χ1n) is 6.17. The Hall–Kier alpha value is -1.52. The van der Waals surface area contributed by atoms with Crippen molar-refractivity contribution in [2.75, 3.05) is 6.61 Å². The molecule has 1 aromatic carbocycles. The molecule has 1 atom stereocenters. The van der Waals surface area contributed by atoms with Gasteiger partial charge in [-0.3, -0.25) is 4.79 Å². The van der Waals surface area contributed by atoms with Crippen LogP contribution in [-0.2, 0) is 0 Å². The van der Waals surface area contributed by atoms with Gasteiger partial charge in [0.1, 0.15) is 5.58 Å². The molecule has 1 heterocycles. The number of benzene rings is 1. The topological polar surface area (TPSA) is 62.5 Å². The minimum atomic E-state index is -0.314. The van der Waals surface area contributed by atoms with Crippen molar-refractivity contribution in [3.05, 3.63) is 34.5 Å². The second-order valence-electron chi connectivity index (χ2n) is 4.46. The molecule has 0 radical (unpaired) electrons. The van der Waals surface area contributed by atoms with Crippen LogP contribution in [0.5, 0.6) is 0 Å². The van der Waals surface area contributed by atoms with E-state index in [-0.39, 0.29) is 24.3 Å². The molecule has 19 heavy (non-hydrogen) atoms. The zero-order valence-corrected chi connectivity index (χ0v) is 11.6. The highest BCUT2D eigenvalue weighted by Crippen LogP contribution is 2.27. The van der Waals surface area contributed by atoms with Crippen molar-refractivity contribution in [1.82, 2.24) is 5.32 Å². The lowest BCUT2D eigenvalue weighted by molar-refractivity contribution is 0.0888. The van der Waals surface area contributed by atoms with E-state index >= 15 is 0 Å². The smallest absolute Gasteiger partial charge is 0.287 e. The minimum absolute atomic E-state index is 0.0899. The molecule has 102 valence electrons. The number of halogens is 1. The molecule has 0 aliphatic heterocycles. The molecular formula is C14H16ClNO3. The van der Waals surface area contributed by atoms with Gasteiger partial charge in [-0.15, -0.1) is 0 Å². The first-order chi connectivity index (χ1) is 9.06. The van der Waals surface area contributed by atoms with Crippen LogP contribution in [0.4, 0.5) is 0 Å². The summed E-state index contributed by atoms with van der Waals surface area (Å²) in [5.74, 6) is -0.0464. The van der Waals surface area contributed by atoms with Crippen LogP contribution in [0.1, 0.15) is 29.5 Å². The Morgan fingerprint density at radius 3 is 2.89 bits per heavy atom. The fourth-order valence-corrected chi connectivity index (χ4v) is 2.11. The minimum Gasteiger partial charge on any atom is -0.451 e. The van der Waals surface area contributed by atoms with E-state index in [0.29, 0.717) is 17.0 Å². The quantitative estimate of drug-likeness (QED) is 0.906. The number of aliphatic hydroxyl groups excluding tert-OH is 1. The van der Waals surface area contributed by atoms with E-state index in [0.717, 1.165) is 10.9 Å². The molecular weight excluding hydrogens is 266 g/mol. The molecule has 2 aromatic rings. The van der Waals surface area contributed by atoms with Gasteiger partial charge in [-0.2, -0.15) is 0 Å². The van der Waals surface area contributed by atoms with E-state index in [4.69, 9.17) is 21.1 Å². The highest BCUT2D eigenvalue weighted by Gasteiger charge is 2.19. The summed E-state index contributed by atoms with van der Waals surface area (Å²) in [4.78, 5) is 12.1. The SMILES string of the molecule is CC[C@H](CO)NC(=O)c1oc2ccc(Cl)cc2c1C. The summed E-state index contributed by atoms with van der Waals surface area (Å²) in [5, 5.41) is 13.3. The van der Waals surface area contributed by atoms with Gasteiger partial charge in [-0.05, 0) is 31.5 Å². The number of carbonyl (C=O) groups is 1. The van der Waals surface area contributed by atoms with E-state index in [1.807, 2.05) is 13.8 Å². The molecule has 0 spiro atoms. The summed E-state index contributed by atoms with van der Waals surface area (Å²) in [5.41, 5.74) is 1.38. The van der Waals surface area contributed by atoms with Crippen LogP contribution in [-0.4, -0.2) is 23.7 Å². The third-order valence-corrected chi connectivity index (χ3v) is 3.39. The predicted octanol–water partition coefficient (Wildman–Crippen LogP) is 2.90. The van der Waals surface area contributed by atoms with Crippen LogP contribution in [0.25, 0.3) is 11.0 Å². The van der Waals surface area contributed by atoms with Gasteiger partial charge in [-0.1, -0.05) is 18.5 Å². The number of carbonyl (C=O) groups excluding carboxylic acids is 1. The van der Waals surface area contributed by atoms with Crippen LogP contribution in [0.15, 0.2) is 22.6 Å². The van der Waals surface area contributed by atoms with Gasteiger partial charge in [0.15, 0.2) is 5.76 Å². The van der Waals surface area contributed by atoms with E-state index in [1.54, 1.807) is 18.2 Å². The van der Waals surface area contributed by atoms with Gasteiger partial charge in [0.25, 0.3) is 5.91 Å². The van der Waals surface area contributed by atoms with E-state index in [9.17, 15) is 4.79 Å². The van der Waals surface area contributed by atoms with Gasteiger partial charge in [-0.25, -0.2) is 0 Å². The summed E-state index contributed by atoms with van der Waals surface area (Å²) >= 11 is 5.93. The van der Waals surface area contributed by atoms with E-state index < -0.39 is 0 Å². The molecule has 4 nitrogen and oxygen atoms in total. The summed E-state index contributed by atoms with van der Waals surface area (Å²) in [6, 6.07) is 4.97. The number of hydrogen-bond acceptors (Lipinski definition) is 3. The molecule has 0 aliphatic rings. The van der Waals surface area contributed by atoms with Crippen LogP contribution in [0.2, 0.25) is 5.02 Å². The lowest BCUT2D eigenvalue weighted by Gasteiger charge is -2.12. The molecule has 5 heteroatoms. The summed E-state index contributed by atoms with van der Waals surface area (Å²) in [6.45, 7) is 3.62. The third kappa shape index (κ3) is 2.74. The zero-order chi connectivity index (χ0) is 14.0. The lowest BCUT2D eigenvalue weighted by Crippen LogP contribution is -2.37. The van der Waals surface area contributed by atoms with E-state index in [1.165, 1.54) is 0 Å². The Labute approximate surface area is 116 Å². The first kappa shape index (κ1) is 13.9. The zero-order valence-electron chi connectivity index (χ0n) is 10.9. The van der Waals surface area contributed by atoms with Gasteiger partial charge >= 0.3 is 0 Å². The lowest BCUT2D eigenvalue weighted by atomic mass is 10.1. The maximum atomic E-state index is 12.1. The molecule has 0 aliphatic carbocycles. The van der Waals surface area contributed by atoms with Crippen LogP contribution >= 0.6 is 11.6 Å². The van der Waals surface area contributed by atoms with Crippen molar-refractivity contribution in [3.8, 4) is 0 Å². The molecule has 1 amide bonds. The Bertz CT molecular complexity index is 602. The number of fused-ring (bicyclic) bond motifs is 1. The number of rotatable bonds is 4. The number of furan rings is 1. The van der Waals surface area contributed by atoms with Gasteiger partial charge in [0.05, 0.1) is 12.6 Å². The molecule has 1 aromatic heterocycles. The van der Waals surface area contributed by atoms with Crippen LogP contribution in [0, 0.1) is 6.92 Å². The molecule has 0 saturated carbocycles. The van der Waals surface area contributed by atoms with Crippen molar-refractivity contribution >= 4 is 28.5 Å². The monoisotopic (exact) mass is 281 g/mol. The molecule has 2 rings (SSSR count). The first-order valence-corrected chi connectivity index (χ1v) is 6.55. The number of hydrogen-bond donors (Lipinski definition) is 2. The molecule has 0 fully saturated rings. The molecule has 2 N–H and O–H groups in total. The fraction of sp³-hybridized carbons (Fsp3) is 0.357. The second kappa shape index (κ2) is 5.63. The normalized spacial score (nSPS) is 12.6. The number of amides is 1. The molecule has 0 bridgehead atoms. The Kier molecular flexibility index (Phi) is 4.12. The highest BCUT2D eigenvalue weighted by atomic mass is 35.5. The third-order valence-electron chi connectivity index (χ3n) is 3.15. The second-order valence-corrected chi connectivity index (χ2v) is 4.89. The summed E-state index contributed by atoms with van der Waals surface area (Å²) < 4.78 is 5.55. The van der Waals surface area contributed by atoms with Crippen molar-refractivity contribution in [2.45, 2.75) is 26.3 Å². The number of nitrogens with one attached hydrogen (secondary N) is 1. The van der Waals surface area contributed by atoms with Crippen molar-refractivity contribution in [1.29, 1.82) is 0 Å². The standard InChI is InChI=1S/C14H16ClNO3/c1-3-10(7-17)16-14(18)13-8(2)11-6-9(15)4-5-12(11)19-13/h4-6,10,17H,3,7H2,1-2H3,(H,16,18)/t10-/m1/s1. The maximum absolute atomic E-state index is 12.1. The predicted molar refractivity (Wildman–Crippen MR) is 74.6 cm³/mol.